The fourth-order valence-corrected chi connectivity index (χ4v) is 1.86. The van der Waals surface area contributed by atoms with Crippen LogP contribution < -0.4 is 10.6 Å². The number of nitrogens with two attached hydrogens (primary N) is 1. The van der Waals surface area contributed by atoms with E-state index in [0.29, 0.717) is 6.54 Å². The molecule has 0 spiro atoms. The van der Waals surface area contributed by atoms with E-state index in [2.05, 4.69) is 54.4 Å². The van der Waals surface area contributed by atoms with E-state index < -0.39 is 0 Å². The summed E-state index contributed by atoms with van der Waals surface area (Å²) in [5.74, 6) is 0. The summed E-state index contributed by atoms with van der Waals surface area (Å²) in [7, 11) is 2.08. The molecule has 0 amide bonds. The lowest BCUT2D eigenvalue weighted by Crippen LogP contribution is -2.25. The minimum Gasteiger partial charge on any atom is -0.373 e. The van der Waals surface area contributed by atoms with Crippen molar-refractivity contribution in [1.82, 2.24) is 0 Å². The van der Waals surface area contributed by atoms with Crippen LogP contribution in [0.2, 0.25) is 0 Å². The summed E-state index contributed by atoms with van der Waals surface area (Å²) in [6.07, 6.45) is 0. The van der Waals surface area contributed by atoms with E-state index >= 15 is 0 Å². The smallest absolute Gasteiger partial charge is 0.0443 e. The Kier molecular flexibility index (Phi) is 6.97. The van der Waals surface area contributed by atoms with E-state index in [0.717, 1.165) is 6.54 Å². The Hall–Kier alpha value is -0.960. The maximum Gasteiger partial charge on any atom is 0.0443 e. The van der Waals surface area contributed by atoms with Crippen LogP contribution in [0, 0.1) is 0 Å². The summed E-state index contributed by atoms with van der Waals surface area (Å²) >= 11 is 0. The topological polar surface area (TPSA) is 29.3 Å². The molecular weight excluding hydrogens is 255 g/mol. The predicted molar refractivity (Wildman–Crippen MR) is 80.8 cm³/mol. The van der Waals surface area contributed by atoms with Crippen LogP contribution in [0.1, 0.15) is 0 Å². The van der Waals surface area contributed by atoms with Gasteiger partial charge in [-0.15, -0.1) is 24.8 Å². The highest BCUT2D eigenvalue weighted by atomic mass is 35.5. The molecule has 0 bridgehead atoms. The fraction of sp³-hybridized carbons (Fsp3) is 0.231. The Bertz CT molecular complexity index is 455. The largest absolute Gasteiger partial charge is 0.373 e. The zero-order valence-electron chi connectivity index (χ0n) is 9.80. The first kappa shape index (κ1) is 16.0. The summed E-state index contributed by atoms with van der Waals surface area (Å²) in [5.41, 5.74) is 6.82. The highest BCUT2D eigenvalue weighted by Gasteiger charge is 2.03. The van der Waals surface area contributed by atoms with Gasteiger partial charge in [0.05, 0.1) is 0 Å². The minimum absolute atomic E-state index is 0. The van der Waals surface area contributed by atoms with Gasteiger partial charge in [0.15, 0.2) is 0 Å². The molecule has 94 valence electrons. The molecule has 0 aliphatic rings. The van der Waals surface area contributed by atoms with Crippen LogP contribution in [-0.4, -0.2) is 20.1 Å². The Morgan fingerprint density at radius 3 is 2.35 bits per heavy atom. The number of hydrogen-bond donors (Lipinski definition) is 1. The second-order valence-electron chi connectivity index (χ2n) is 3.71. The van der Waals surface area contributed by atoms with Crippen molar-refractivity contribution in [3.63, 3.8) is 0 Å². The number of benzene rings is 2. The molecule has 2 N–H and O–H groups in total. The lowest BCUT2D eigenvalue weighted by Gasteiger charge is -2.20. The number of halogens is 2. The second kappa shape index (κ2) is 7.38. The van der Waals surface area contributed by atoms with E-state index in [1.165, 1.54) is 16.5 Å². The first-order valence-electron chi connectivity index (χ1n) is 5.22. The van der Waals surface area contributed by atoms with E-state index in [4.69, 9.17) is 5.73 Å². The molecule has 0 unspecified atom stereocenters. The number of hydrogen-bond acceptors (Lipinski definition) is 2. The SMILES string of the molecule is CN(CCN)c1cccc2ccccc12.Cl.Cl. The quantitative estimate of drug-likeness (QED) is 0.931. The van der Waals surface area contributed by atoms with E-state index in [9.17, 15) is 0 Å². The molecule has 0 aliphatic carbocycles. The van der Waals surface area contributed by atoms with Crippen LogP contribution in [0.15, 0.2) is 42.5 Å². The monoisotopic (exact) mass is 272 g/mol. The lowest BCUT2D eigenvalue weighted by molar-refractivity contribution is 0.889. The van der Waals surface area contributed by atoms with Crippen molar-refractivity contribution in [2.45, 2.75) is 0 Å². The highest BCUT2D eigenvalue weighted by molar-refractivity contribution is 5.94. The molecule has 0 heterocycles. The summed E-state index contributed by atoms with van der Waals surface area (Å²) in [6.45, 7) is 1.56. The number of likely N-dealkylation sites (N-methyl/N-ethyl adjacent to an activating group) is 1. The van der Waals surface area contributed by atoms with Gasteiger partial charge in [-0.2, -0.15) is 0 Å². The molecule has 4 heteroatoms. The van der Waals surface area contributed by atoms with E-state index in [-0.39, 0.29) is 24.8 Å². The Morgan fingerprint density at radius 1 is 1.00 bits per heavy atom. The van der Waals surface area contributed by atoms with Crippen LogP contribution in [-0.2, 0) is 0 Å². The summed E-state index contributed by atoms with van der Waals surface area (Å²) in [5, 5.41) is 2.56. The average Bonchev–Trinajstić information content (AvgIpc) is 2.28. The second-order valence-corrected chi connectivity index (χ2v) is 3.71. The lowest BCUT2D eigenvalue weighted by atomic mass is 10.1. The van der Waals surface area contributed by atoms with Gasteiger partial charge in [0.25, 0.3) is 0 Å². The van der Waals surface area contributed by atoms with Gasteiger partial charge in [-0.05, 0) is 11.5 Å². The Morgan fingerprint density at radius 2 is 1.65 bits per heavy atom. The average molecular weight is 273 g/mol. The van der Waals surface area contributed by atoms with Crippen molar-refractivity contribution >= 4 is 41.3 Å². The molecule has 0 radical (unpaired) electrons. The Labute approximate surface area is 115 Å². The number of nitrogens with zero attached hydrogens (tertiary/aromatic N) is 1. The van der Waals surface area contributed by atoms with Gasteiger partial charge >= 0.3 is 0 Å². The molecule has 2 nitrogen and oxygen atoms in total. The molecule has 2 aromatic carbocycles. The van der Waals surface area contributed by atoms with Crippen LogP contribution in [0.25, 0.3) is 10.8 Å². The summed E-state index contributed by atoms with van der Waals surface area (Å²) < 4.78 is 0. The van der Waals surface area contributed by atoms with Gasteiger partial charge < -0.3 is 10.6 Å². The molecule has 17 heavy (non-hydrogen) atoms. The third-order valence-corrected chi connectivity index (χ3v) is 2.64. The van der Waals surface area contributed by atoms with Crippen molar-refractivity contribution < 1.29 is 0 Å². The zero-order valence-corrected chi connectivity index (χ0v) is 11.4. The summed E-state index contributed by atoms with van der Waals surface area (Å²) in [4.78, 5) is 2.20. The van der Waals surface area contributed by atoms with Crippen molar-refractivity contribution in [2.75, 3.05) is 25.0 Å². The molecular formula is C13H18Cl2N2. The van der Waals surface area contributed by atoms with Crippen molar-refractivity contribution in [2.24, 2.45) is 5.73 Å². The normalized spacial score (nSPS) is 9.29. The molecule has 0 saturated carbocycles. The van der Waals surface area contributed by atoms with Crippen LogP contribution in [0.3, 0.4) is 0 Å². The maximum absolute atomic E-state index is 5.57. The van der Waals surface area contributed by atoms with Crippen molar-refractivity contribution in [1.29, 1.82) is 0 Å². The first-order chi connectivity index (χ1) is 7.33. The third-order valence-electron chi connectivity index (χ3n) is 2.64. The number of rotatable bonds is 3. The van der Waals surface area contributed by atoms with Gasteiger partial charge in [0.1, 0.15) is 0 Å². The standard InChI is InChI=1S/C13H16N2.2ClH/c1-15(10-9-14)13-8-4-6-11-5-2-3-7-12(11)13;;/h2-8H,9-10,14H2,1H3;2*1H. The van der Waals surface area contributed by atoms with Crippen LogP contribution >= 0.6 is 24.8 Å². The molecule has 2 aromatic rings. The Balaban J connectivity index is 0.00000128. The zero-order chi connectivity index (χ0) is 10.7. The fourth-order valence-electron chi connectivity index (χ4n) is 1.86. The van der Waals surface area contributed by atoms with Gasteiger partial charge in [0, 0.05) is 31.2 Å². The van der Waals surface area contributed by atoms with Crippen LogP contribution in [0.4, 0.5) is 5.69 Å². The van der Waals surface area contributed by atoms with Crippen molar-refractivity contribution in [3.8, 4) is 0 Å². The number of fused-ring (bicyclic) bond motifs is 1. The van der Waals surface area contributed by atoms with Crippen molar-refractivity contribution in [3.05, 3.63) is 42.5 Å². The molecule has 0 saturated heterocycles. The highest BCUT2D eigenvalue weighted by Crippen LogP contribution is 2.25. The molecule has 0 fully saturated rings. The van der Waals surface area contributed by atoms with Crippen LogP contribution in [0.5, 0.6) is 0 Å². The minimum atomic E-state index is 0. The van der Waals surface area contributed by atoms with E-state index in [1.54, 1.807) is 0 Å². The number of anilines is 1. The first-order valence-corrected chi connectivity index (χ1v) is 5.22. The van der Waals surface area contributed by atoms with Gasteiger partial charge in [0.2, 0.25) is 0 Å². The molecule has 2 rings (SSSR count). The van der Waals surface area contributed by atoms with Gasteiger partial charge in [-0.25, -0.2) is 0 Å². The summed E-state index contributed by atoms with van der Waals surface area (Å²) in [6, 6.07) is 14.8. The third kappa shape index (κ3) is 3.50. The molecule has 0 aliphatic heterocycles. The molecule has 0 atom stereocenters. The van der Waals surface area contributed by atoms with Gasteiger partial charge in [-0.1, -0.05) is 36.4 Å². The predicted octanol–water partition coefficient (Wildman–Crippen LogP) is 3.08. The van der Waals surface area contributed by atoms with Gasteiger partial charge in [-0.3, -0.25) is 0 Å². The maximum atomic E-state index is 5.57. The molecule has 0 aromatic heterocycles. The van der Waals surface area contributed by atoms with E-state index in [1.807, 2.05) is 0 Å².